The summed E-state index contributed by atoms with van der Waals surface area (Å²) in [6, 6.07) is 0. The summed E-state index contributed by atoms with van der Waals surface area (Å²) >= 11 is 14.7. The zero-order chi connectivity index (χ0) is 8.36. The van der Waals surface area contributed by atoms with Gasteiger partial charge in [0.15, 0.2) is 0 Å². The maximum Gasteiger partial charge on any atom is 0.428 e. The second-order valence-electron chi connectivity index (χ2n) is 1.35. The van der Waals surface area contributed by atoms with Crippen molar-refractivity contribution in [2.45, 2.75) is 6.18 Å². The highest BCUT2D eigenvalue weighted by Gasteiger charge is 2.34. The highest BCUT2D eigenvalue weighted by molar-refractivity contribution is 6.42. The quantitative estimate of drug-likeness (QED) is 0.585. The van der Waals surface area contributed by atoms with Crippen LogP contribution in [0, 0.1) is 0 Å². The van der Waals surface area contributed by atoms with Crippen molar-refractivity contribution in [1.29, 1.82) is 0 Å². The average Bonchev–Trinajstić information content (AvgIpc) is 1.83. The van der Waals surface area contributed by atoms with Gasteiger partial charge in [0, 0.05) is 0 Å². The molecule has 10 heavy (non-hydrogen) atoms. The molecule has 6 heteroatoms. The van der Waals surface area contributed by atoms with Crippen LogP contribution in [0.3, 0.4) is 0 Å². The molecule has 0 saturated heterocycles. The van der Waals surface area contributed by atoms with Crippen LogP contribution in [0.2, 0.25) is 0 Å². The third kappa shape index (κ3) is 2.99. The molecule has 0 aliphatic rings. The van der Waals surface area contributed by atoms with Crippen molar-refractivity contribution in [1.82, 2.24) is 0 Å². The summed E-state index contributed by atoms with van der Waals surface area (Å²) in [5.74, 6) is -0.431. The van der Waals surface area contributed by atoms with E-state index in [4.69, 9.17) is 34.8 Å². The van der Waals surface area contributed by atoms with E-state index in [2.05, 4.69) is 0 Å². The fourth-order valence-electron chi connectivity index (χ4n) is 0.212. The largest absolute Gasteiger partial charge is 0.428 e. The fraction of sp³-hybridized carbons (Fsp3) is 0.500. The first-order valence-corrected chi connectivity index (χ1v) is 3.36. The Kier molecular flexibility index (Phi) is 3.84. The Morgan fingerprint density at radius 3 is 1.70 bits per heavy atom. The molecule has 0 unspecified atom stereocenters. The average molecular weight is 213 g/mol. The van der Waals surface area contributed by atoms with Crippen molar-refractivity contribution in [2.24, 2.45) is 0 Å². The summed E-state index contributed by atoms with van der Waals surface area (Å²) in [4.78, 5) is 0. The van der Waals surface area contributed by atoms with Crippen LogP contribution in [0.1, 0.15) is 0 Å². The van der Waals surface area contributed by atoms with Crippen LogP contribution in [0.4, 0.5) is 13.2 Å². The van der Waals surface area contributed by atoms with Gasteiger partial charge in [-0.3, -0.25) is 0 Å². The standard InChI is InChI=1S/C4H2Cl3F3/c5-1-2(6)3(7)4(8,9)10/h1H2/b3-2+. The van der Waals surface area contributed by atoms with Crippen molar-refractivity contribution in [3.63, 3.8) is 0 Å². The van der Waals surface area contributed by atoms with E-state index in [1.807, 2.05) is 0 Å². The minimum atomic E-state index is -4.59. The Labute approximate surface area is 70.6 Å². The molecule has 0 aliphatic heterocycles. The summed E-state index contributed by atoms with van der Waals surface area (Å²) in [6.45, 7) is 0. The van der Waals surface area contributed by atoms with E-state index in [1.54, 1.807) is 0 Å². The molecular formula is C4H2Cl3F3. The van der Waals surface area contributed by atoms with Gasteiger partial charge < -0.3 is 0 Å². The van der Waals surface area contributed by atoms with E-state index in [0.717, 1.165) is 0 Å². The second-order valence-corrected chi connectivity index (χ2v) is 2.45. The van der Waals surface area contributed by atoms with Crippen LogP contribution in [0.15, 0.2) is 10.1 Å². The molecule has 0 aromatic heterocycles. The van der Waals surface area contributed by atoms with Gasteiger partial charge in [-0.05, 0) is 0 Å². The number of allylic oxidation sites excluding steroid dienone is 2. The molecule has 0 aromatic carbocycles. The summed E-state index contributed by atoms with van der Waals surface area (Å²) in [6.07, 6.45) is -4.59. The molecule has 0 heterocycles. The van der Waals surface area contributed by atoms with Gasteiger partial charge in [-0.25, -0.2) is 0 Å². The van der Waals surface area contributed by atoms with E-state index < -0.39 is 22.1 Å². The van der Waals surface area contributed by atoms with E-state index in [0.29, 0.717) is 0 Å². The SMILES string of the molecule is FC(F)(F)/C(Cl)=C(\Cl)CCl. The van der Waals surface area contributed by atoms with Gasteiger partial charge in [0.2, 0.25) is 0 Å². The molecule has 0 aliphatic carbocycles. The van der Waals surface area contributed by atoms with Crippen LogP contribution in [-0.4, -0.2) is 12.1 Å². The molecule has 0 fully saturated rings. The molecule has 60 valence electrons. The first-order chi connectivity index (χ1) is 4.39. The number of hydrogen-bond donors (Lipinski definition) is 0. The molecule has 0 radical (unpaired) electrons. The van der Waals surface area contributed by atoms with Gasteiger partial charge in [0.25, 0.3) is 0 Å². The van der Waals surface area contributed by atoms with Crippen molar-refractivity contribution in [3.8, 4) is 0 Å². The van der Waals surface area contributed by atoms with E-state index in [-0.39, 0.29) is 0 Å². The molecular weight excluding hydrogens is 211 g/mol. The van der Waals surface area contributed by atoms with Gasteiger partial charge in [-0.15, -0.1) is 11.6 Å². The lowest BCUT2D eigenvalue weighted by Crippen LogP contribution is -2.08. The summed E-state index contributed by atoms with van der Waals surface area (Å²) in [5, 5.41) is -1.94. The maximum absolute atomic E-state index is 11.6. The number of halogens is 6. The van der Waals surface area contributed by atoms with Gasteiger partial charge in [-0.1, -0.05) is 23.2 Å². The minimum Gasteiger partial charge on any atom is -0.165 e. The van der Waals surface area contributed by atoms with Crippen LogP contribution >= 0.6 is 34.8 Å². The smallest absolute Gasteiger partial charge is 0.165 e. The molecule has 0 aromatic rings. The van der Waals surface area contributed by atoms with Gasteiger partial charge in [-0.2, -0.15) is 13.2 Å². The Balaban J connectivity index is 4.47. The van der Waals surface area contributed by atoms with E-state index >= 15 is 0 Å². The molecule has 0 spiro atoms. The normalized spacial score (nSPS) is 15.0. The predicted octanol–water partition coefficient (Wildman–Crippen LogP) is 3.48. The molecule has 0 bridgehead atoms. The number of alkyl halides is 4. The van der Waals surface area contributed by atoms with Crippen LogP contribution in [0.25, 0.3) is 0 Å². The molecule has 0 nitrogen and oxygen atoms in total. The fourth-order valence-corrected chi connectivity index (χ4v) is 0.588. The zero-order valence-corrected chi connectivity index (χ0v) is 6.74. The summed E-state index contributed by atoms with van der Waals surface area (Å²) in [5.41, 5.74) is 0. The maximum atomic E-state index is 11.6. The number of rotatable bonds is 1. The van der Waals surface area contributed by atoms with Crippen molar-refractivity contribution >= 4 is 34.8 Å². The zero-order valence-electron chi connectivity index (χ0n) is 4.47. The Morgan fingerprint density at radius 2 is 1.60 bits per heavy atom. The van der Waals surface area contributed by atoms with Gasteiger partial charge >= 0.3 is 6.18 Å². The lowest BCUT2D eigenvalue weighted by atomic mass is 10.5. The van der Waals surface area contributed by atoms with Gasteiger partial charge in [0.05, 0.1) is 10.9 Å². The first-order valence-electron chi connectivity index (χ1n) is 2.07. The van der Waals surface area contributed by atoms with E-state index in [1.165, 1.54) is 0 Å². The van der Waals surface area contributed by atoms with Crippen molar-refractivity contribution < 1.29 is 13.2 Å². The topological polar surface area (TPSA) is 0 Å². The Bertz CT molecular complexity index is 148. The van der Waals surface area contributed by atoms with Gasteiger partial charge in [0.1, 0.15) is 5.03 Å². The Hall–Kier alpha value is 0.400. The van der Waals surface area contributed by atoms with Crippen molar-refractivity contribution in [3.05, 3.63) is 10.1 Å². The van der Waals surface area contributed by atoms with Crippen LogP contribution in [0.5, 0.6) is 0 Å². The molecule has 0 amide bonds. The van der Waals surface area contributed by atoms with E-state index in [9.17, 15) is 13.2 Å². The lowest BCUT2D eigenvalue weighted by molar-refractivity contribution is -0.0848. The first kappa shape index (κ1) is 10.4. The highest BCUT2D eigenvalue weighted by Crippen LogP contribution is 2.32. The van der Waals surface area contributed by atoms with Crippen molar-refractivity contribution in [2.75, 3.05) is 5.88 Å². The lowest BCUT2D eigenvalue weighted by Gasteiger charge is -2.04. The molecule has 0 atom stereocenters. The highest BCUT2D eigenvalue weighted by atomic mass is 35.5. The number of hydrogen-bond acceptors (Lipinski definition) is 0. The summed E-state index contributed by atoms with van der Waals surface area (Å²) in [7, 11) is 0. The third-order valence-electron chi connectivity index (χ3n) is 0.604. The Morgan fingerprint density at radius 1 is 1.20 bits per heavy atom. The monoisotopic (exact) mass is 212 g/mol. The predicted molar refractivity (Wildman–Crippen MR) is 35.5 cm³/mol. The third-order valence-corrected chi connectivity index (χ3v) is 1.87. The van der Waals surface area contributed by atoms with Crippen LogP contribution in [-0.2, 0) is 0 Å². The molecule has 0 N–H and O–H groups in total. The van der Waals surface area contributed by atoms with Crippen LogP contribution < -0.4 is 0 Å². The molecule has 0 rings (SSSR count). The summed E-state index contributed by atoms with van der Waals surface area (Å²) < 4.78 is 34.7. The molecule has 0 saturated carbocycles. The minimum absolute atomic E-state index is 0.431. The second kappa shape index (κ2) is 3.69.